The third-order valence-electron chi connectivity index (χ3n) is 2.99. The summed E-state index contributed by atoms with van der Waals surface area (Å²) in [5.74, 6) is 0.486. The molecule has 90 valence electrons. The summed E-state index contributed by atoms with van der Waals surface area (Å²) < 4.78 is 15.0. The van der Waals surface area contributed by atoms with Gasteiger partial charge < -0.3 is 9.67 Å². The first-order chi connectivity index (χ1) is 8.66. The van der Waals surface area contributed by atoms with E-state index in [1.165, 1.54) is 12.1 Å². The van der Waals surface area contributed by atoms with Crippen LogP contribution in [-0.4, -0.2) is 14.7 Å². The van der Waals surface area contributed by atoms with Gasteiger partial charge in [0, 0.05) is 7.05 Å². The maximum Gasteiger partial charge on any atom is 0.144 e. The highest BCUT2D eigenvalue weighted by Crippen LogP contribution is 2.30. The highest BCUT2D eigenvalue weighted by atomic mass is 19.1. The SMILES string of the molecule is Cn1c(-c2ccccc2O)nc2ccc(F)cc21. The van der Waals surface area contributed by atoms with E-state index in [1.54, 1.807) is 35.9 Å². The average Bonchev–Trinajstić information content (AvgIpc) is 2.68. The summed E-state index contributed by atoms with van der Waals surface area (Å²) in [7, 11) is 1.80. The fourth-order valence-corrected chi connectivity index (χ4v) is 2.07. The number of fused-ring (bicyclic) bond motifs is 1. The molecule has 0 spiro atoms. The Balaban J connectivity index is 2.31. The first-order valence-electron chi connectivity index (χ1n) is 5.57. The summed E-state index contributed by atoms with van der Waals surface area (Å²) in [6, 6.07) is 11.4. The number of phenolic OH excluding ortho intramolecular Hbond substituents is 1. The van der Waals surface area contributed by atoms with Gasteiger partial charge in [0.2, 0.25) is 0 Å². The number of aromatic nitrogens is 2. The normalized spacial score (nSPS) is 11.0. The number of imidazole rings is 1. The maximum atomic E-state index is 13.2. The highest BCUT2D eigenvalue weighted by Gasteiger charge is 2.12. The number of hydrogen-bond acceptors (Lipinski definition) is 2. The zero-order valence-corrected chi connectivity index (χ0v) is 9.76. The number of aryl methyl sites for hydroxylation is 1. The topological polar surface area (TPSA) is 38.0 Å². The molecule has 0 fully saturated rings. The van der Waals surface area contributed by atoms with Crippen LogP contribution < -0.4 is 0 Å². The van der Waals surface area contributed by atoms with Crippen molar-refractivity contribution < 1.29 is 9.50 Å². The van der Waals surface area contributed by atoms with Crippen LogP contribution >= 0.6 is 0 Å². The third-order valence-corrected chi connectivity index (χ3v) is 2.99. The van der Waals surface area contributed by atoms with E-state index >= 15 is 0 Å². The minimum Gasteiger partial charge on any atom is -0.507 e. The molecule has 0 bridgehead atoms. The molecule has 3 rings (SSSR count). The van der Waals surface area contributed by atoms with E-state index in [1.807, 2.05) is 6.07 Å². The second-order valence-electron chi connectivity index (χ2n) is 4.14. The Bertz CT molecular complexity index is 734. The molecule has 3 aromatic rings. The molecule has 1 aromatic heterocycles. The third kappa shape index (κ3) is 1.54. The number of rotatable bonds is 1. The van der Waals surface area contributed by atoms with E-state index in [9.17, 15) is 9.50 Å². The number of phenols is 1. The lowest BCUT2D eigenvalue weighted by molar-refractivity contribution is 0.476. The van der Waals surface area contributed by atoms with Crippen LogP contribution in [0.2, 0.25) is 0 Å². The van der Waals surface area contributed by atoms with Gasteiger partial charge in [0.15, 0.2) is 0 Å². The zero-order chi connectivity index (χ0) is 12.7. The Morgan fingerprint density at radius 1 is 1.17 bits per heavy atom. The molecule has 0 amide bonds. The Morgan fingerprint density at radius 2 is 1.94 bits per heavy atom. The highest BCUT2D eigenvalue weighted by molar-refractivity contribution is 5.81. The van der Waals surface area contributed by atoms with Crippen LogP contribution in [0.15, 0.2) is 42.5 Å². The summed E-state index contributed by atoms with van der Waals surface area (Å²) in [6.07, 6.45) is 0. The summed E-state index contributed by atoms with van der Waals surface area (Å²) in [6.45, 7) is 0. The van der Waals surface area contributed by atoms with Crippen molar-refractivity contribution in [3.8, 4) is 17.1 Å². The lowest BCUT2D eigenvalue weighted by Crippen LogP contribution is -1.92. The van der Waals surface area contributed by atoms with Crippen LogP contribution in [0.3, 0.4) is 0 Å². The van der Waals surface area contributed by atoms with E-state index in [0.717, 1.165) is 0 Å². The number of halogens is 1. The van der Waals surface area contributed by atoms with Gasteiger partial charge in [-0.1, -0.05) is 12.1 Å². The van der Waals surface area contributed by atoms with Gasteiger partial charge in [0.1, 0.15) is 17.4 Å². The first kappa shape index (κ1) is 10.8. The van der Waals surface area contributed by atoms with Crippen LogP contribution in [0, 0.1) is 5.82 Å². The molecule has 0 atom stereocenters. The Labute approximate surface area is 103 Å². The van der Waals surface area contributed by atoms with Gasteiger partial charge in [-0.25, -0.2) is 9.37 Å². The number of benzene rings is 2. The Morgan fingerprint density at radius 3 is 2.72 bits per heavy atom. The fraction of sp³-hybridized carbons (Fsp3) is 0.0714. The van der Waals surface area contributed by atoms with E-state index in [4.69, 9.17) is 0 Å². The molecule has 18 heavy (non-hydrogen) atoms. The Hall–Kier alpha value is -2.36. The number of aromatic hydroxyl groups is 1. The summed E-state index contributed by atoms with van der Waals surface area (Å²) >= 11 is 0. The monoisotopic (exact) mass is 242 g/mol. The molecule has 0 aliphatic carbocycles. The number of hydrogen-bond donors (Lipinski definition) is 1. The molecule has 2 aromatic carbocycles. The molecule has 1 heterocycles. The van der Waals surface area contributed by atoms with E-state index in [-0.39, 0.29) is 11.6 Å². The lowest BCUT2D eigenvalue weighted by Gasteiger charge is -2.04. The van der Waals surface area contributed by atoms with Gasteiger partial charge in [-0.05, 0) is 30.3 Å². The second-order valence-corrected chi connectivity index (χ2v) is 4.14. The van der Waals surface area contributed by atoms with E-state index in [2.05, 4.69) is 4.98 Å². The minimum absolute atomic E-state index is 0.163. The van der Waals surface area contributed by atoms with Crippen LogP contribution in [-0.2, 0) is 7.05 Å². The van der Waals surface area contributed by atoms with Gasteiger partial charge in [-0.3, -0.25) is 0 Å². The van der Waals surface area contributed by atoms with Crippen molar-refractivity contribution in [1.29, 1.82) is 0 Å². The smallest absolute Gasteiger partial charge is 0.144 e. The fourth-order valence-electron chi connectivity index (χ4n) is 2.07. The molecule has 0 saturated heterocycles. The zero-order valence-electron chi connectivity index (χ0n) is 9.76. The first-order valence-corrected chi connectivity index (χ1v) is 5.57. The summed E-state index contributed by atoms with van der Waals surface area (Å²) in [4.78, 5) is 4.42. The van der Waals surface area contributed by atoms with E-state index in [0.29, 0.717) is 22.4 Å². The quantitative estimate of drug-likeness (QED) is 0.712. The van der Waals surface area contributed by atoms with Gasteiger partial charge in [-0.2, -0.15) is 0 Å². The van der Waals surface area contributed by atoms with Crippen molar-refractivity contribution in [1.82, 2.24) is 9.55 Å². The van der Waals surface area contributed by atoms with Gasteiger partial charge in [-0.15, -0.1) is 0 Å². The summed E-state index contributed by atoms with van der Waals surface area (Å²) in [5.41, 5.74) is 2.04. The molecule has 4 heteroatoms. The number of para-hydroxylation sites is 1. The number of nitrogens with zero attached hydrogens (tertiary/aromatic N) is 2. The van der Waals surface area contributed by atoms with Crippen LogP contribution in [0.25, 0.3) is 22.4 Å². The molecule has 0 unspecified atom stereocenters. The molecule has 3 nitrogen and oxygen atoms in total. The Kier molecular flexibility index (Phi) is 2.30. The van der Waals surface area contributed by atoms with Crippen LogP contribution in [0.5, 0.6) is 5.75 Å². The average molecular weight is 242 g/mol. The van der Waals surface area contributed by atoms with Crippen LogP contribution in [0.4, 0.5) is 4.39 Å². The molecule has 0 aliphatic heterocycles. The van der Waals surface area contributed by atoms with Gasteiger partial charge in [0.25, 0.3) is 0 Å². The summed E-state index contributed by atoms with van der Waals surface area (Å²) in [5, 5.41) is 9.84. The van der Waals surface area contributed by atoms with Gasteiger partial charge >= 0.3 is 0 Å². The largest absolute Gasteiger partial charge is 0.507 e. The van der Waals surface area contributed by atoms with Crippen molar-refractivity contribution in [3.05, 3.63) is 48.3 Å². The molecule has 0 saturated carbocycles. The standard InChI is InChI=1S/C14H11FN2O/c1-17-12-8-9(15)6-7-11(12)16-14(17)10-4-2-3-5-13(10)18/h2-8,18H,1H3. The minimum atomic E-state index is -0.297. The molecule has 0 aliphatic rings. The maximum absolute atomic E-state index is 13.2. The predicted octanol–water partition coefficient (Wildman–Crippen LogP) is 3.09. The van der Waals surface area contributed by atoms with Crippen LogP contribution in [0.1, 0.15) is 0 Å². The van der Waals surface area contributed by atoms with Crippen molar-refractivity contribution in [2.24, 2.45) is 7.05 Å². The molecular formula is C14H11FN2O. The molecule has 0 radical (unpaired) electrons. The van der Waals surface area contributed by atoms with Crippen molar-refractivity contribution in [2.45, 2.75) is 0 Å². The molecule has 1 N–H and O–H groups in total. The molecular weight excluding hydrogens is 231 g/mol. The second kappa shape index (κ2) is 3.84. The van der Waals surface area contributed by atoms with Crippen molar-refractivity contribution in [3.63, 3.8) is 0 Å². The lowest BCUT2D eigenvalue weighted by atomic mass is 10.2. The predicted molar refractivity (Wildman–Crippen MR) is 67.8 cm³/mol. The van der Waals surface area contributed by atoms with E-state index < -0.39 is 0 Å². The van der Waals surface area contributed by atoms with Gasteiger partial charge in [0.05, 0.1) is 16.6 Å². The van der Waals surface area contributed by atoms with Crippen molar-refractivity contribution in [2.75, 3.05) is 0 Å². The van der Waals surface area contributed by atoms with Crippen molar-refractivity contribution >= 4 is 11.0 Å².